The average Bonchev–Trinajstić information content (AvgIpc) is 1.30. The number of carbonyl (C=O) groups excluding carboxylic acids is 2. The number of aromatic nitrogens is 1. The lowest BCUT2D eigenvalue weighted by molar-refractivity contribution is -0.150. The molecule has 3 aliphatic rings. The molecule has 5 aromatic carbocycles. The molecule has 6 aromatic rings. The van der Waals surface area contributed by atoms with Gasteiger partial charge in [0, 0.05) is 11.0 Å². The number of methoxy groups -OCH3 is 3. The smallest absolute Gasteiger partial charge is 0.308 e. The minimum absolute atomic E-state index is 0.00926. The third-order valence-corrected chi connectivity index (χ3v) is 26.8. The number of pyridine rings is 1. The minimum Gasteiger partial charge on any atom is -0.497 e. The maximum absolute atomic E-state index is 15.2. The summed E-state index contributed by atoms with van der Waals surface area (Å²) in [6, 6.07) is 33.7. The van der Waals surface area contributed by atoms with Gasteiger partial charge < -0.3 is 67.4 Å². The molecule has 7 atom stereocenters. The van der Waals surface area contributed by atoms with Gasteiger partial charge in [0.15, 0.2) is 48.0 Å². The van der Waals surface area contributed by atoms with Crippen LogP contribution in [0.25, 0.3) is 10.8 Å². The van der Waals surface area contributed by atoms with Crippen LogP contribution in [0.3, 0.4) is 0 Å². The number of esters is 1. The van der Waals surface area contributed by atoms with Crippen molar-refractivity contribution in [3.05, 3.63) is 162 Å². The van der Waals surface area contributed by atoms with Gasteiger partial charge in [-0.25, -0.2) is 4.98 Å². The first-order chi connectivity index (χ1) is 43.6. The summed E-state index contributed by atoms with van der Waals surface area (Å²) >= 11 is 7.12. The van der Waals surface area contributed by atoms with Gasteiger partial charge in [-0.1, -0.05) is 156 Å². The number of terminal acetylenes is 1. The van der Waals surface area contributed by atoms with Crippen LogP contribution in [0.5, 0.6) is 34.5 Å². The van der Waals surface area contributed by atoms with Crippen LogP contribution in [0.2, 0.25) is 28.3 Å². The SMILES string of the molecule is C#C[C@@H](O)[C@]1(O)C2=C[C@H](Oc3ccc(nc3Cl)[C@H](NC(=O)c3cc4c(OC)c(OC)c(OC(C)C)cc4cc3OCC=C)CC(=O)OC[C@@H](COCc3ccc(OC)cc3)[C@@](O)(CO[Si](c3ccccc3)(c3ccccc3)C(C)(C)C)C#C2)[C@H]1O[Si](C)(C)C(C)(C)C. The second-order valence-corrected chi connectivity index (χ2v) is 35.2. The topological polar surface area (TPSA) is 212 Å². The molecule has 1 aromatic heterocycles. The van der Waals surface area contributed by atoms with E-state index in [1.54, 1.807) is 37.4 Å². The van der Waals surface area contributed by atoms with Crippen LogP contribution in [0.4, 0.5) is 0 Å². The molecule has 0 unspecified atom stereocenters. The van der Waals surface area contributed by atoms with Gasteiger partial charge in [-0.15, -0.1) is 6.42 Å². The molecule has 0 fully saturated rings. The molecule has 4 N–H and O–H groups in total. The van der Waals surface area contributed by atoms with Crippen molar-refractivity contribution in [3.63, 3.8) is 0 Å². The second kappa shape index (κ2) is 29.1. The van der Waals surface area contributed by atoms with Crippen molar-refractivity contribution < 1.29 is 71.7 Å². The lowest BCUT2D eigenvalue weighted by Crippen LogP contribution is -2.68. The van der Waals surface area contributed by atoms with Crippen LogP contribution in [0.1, 0.15) is 89.5 Å². The molecule has 3 heterocycles. The number of hydrogen-bond donors (Lipinski definition) is 4. The molecule has 1 amide bonds. The summed E-state index contributed by atoms with van der Waals surface area (Å²) < 4.78 is 63.5. The van der Waals surface area contributed by atoms with E-state index in [4.69, 9.17) is 69.8 Å². The zero-order valence-electron chi connectivity index (χ0n) is 54.7. The molecule has 0 saturated carbocycles. The Morgan fingerprint density at radius 3 is 2.11 bits per heavy atom. The van der Waals surface area contributed by atoms with Gasteiger partial charge in [-0.2, -0.15) is 0 Å². The lowest BCUT2D eigenvalue weighted by atomic mass is 9.85. The largest absolute Gasteiger partial charge is 0.497 e. The Morgan fingerprint density at radius 1 is 0.902 bits per heavy atom. The maximum Gasteiger partial charge on any atom is 0.308 e. The normalized spacial score (nSPS) is 20.7. The number of rotatable bonds is 22. The van der Waals surface area contributed by atoms with E-state index in [-0.39, 0.29) is 65.2 Å². The Labute approximate surface area is 547 Å². The van der Waals surface area contributed by atoms with Gasteiger partial charge in [0.05, 0.1) is 76.9 Å². The summed E-state index contributed by atoms with van der Waals surface area (Å²) in [4.78, 5) is 34.8. The van der Waals surface area contributed by atoms with Crippen molar-refractivity contribution in [1.29, 1.82) is 0 Å². The number of aliphatic hydroxyl groups is 3. The number of amides is 1. The number of aliphatic hydroxyl groups excluding tert-OH is 1. The first-order valence-corrected chi connectivity index (χ1v) is 35.7. The number of benzene rings is 5. The van der Waals surface area contributed by atoms with Crippen molar-refractivity contribution in [2.24, 2.45) is 5.92 Å². The highest BCUT2D eigenvalue weighted by Crippen LogP contribution is 2.48. The molecule has 92 heavy (non-hydrogen) atoms. The van der Waals surface area contributed by atoms with Gasteiger partial charge in [0.25, 0.3) is 14.2 Å². The van der Waals surface area contributed by atoms with Crippen molar-refractivity contribution in [2.75, 3.05) is 47.8 Å². The molecular weight excluding hydrogens is 1220 g/mol. The van der Waals surface area contributed by atoms with E-state index in [2.05, 4.69) is 50.4 Å². The zero-order chi connectivity index (χ0) is 67.0. The summed E-state index contributed by atoms with van der Waals surface area (Å²) in [6.45, 7) is 22.6. The van der Waals surface area contributed by atoms with Crippen LogP contribution in [0, 0.1) is 30.1 Å². The van der Waals surface area contributed by atoms with Crippen molar-refractivity contribution in [1.82, 2.24) is 10.3 Å². The molecular formula is C72H85ClN2O15Si2. The molecule has 17 nitrogen and oxygen atoms in total. The van der Waals surface area contributed by atoms with E-state index in [0.717, 1.165) is 15.9 Å². The third kappa shape index (κ3) is 15.0. The summed E-state index contributed by atoms with van der Waals surface area (Å²) in [5.41, 5.74) is -4.06. The van der Waals surface area contributed by atoms with Crippen LogP contribution in [0.15, 0.2) is 140 Å². The Hall–Kier alpha value is -7.67. The van der Waals surface area contributed by atoms with Gasteiger partial charge in [-0.05, 0) is 107 Å². The molecule has 0 saturated heterocycles. The second-order valence-electron chi connectivity index (χ2n) is 25.8. The van der Waals surface area contributed by atoms with Crippen molar-refractivity contribution >= 4 is 61.3 Å². The lowest BCUT2D eigenvalue weighted by Gasteiger charge is -2.45. The minimum atomic E-state index is -3.52. The van der Waals surface area contributed by atoms with E-state index in [1.807, 2.05) is 121 Å². The van der Waals surface area contributed by atoms with Gasteiger partial charge in [-0.3, -0.25) is 9.59 Å². The van der Waals surface area contributed by atoms with E-state index in [1.165, 1.54) is 38.5 Å². The predicted octanol–water partition coefficient (Wildman–Crippen LogP) is 10.6. The third-order valence-electron chi connectivity index (χ3n) is 17.1. The van der Waals surface area contributed by atoms with E-state index in [9.17, 15) is 20.1 Å². The molecule has 488 valence electrons. The Bertz CT molecular complexity index is 3700. The average molecular weight is 1310 g/mol. The van der Waals surface area contributed by atoms with Gasteiger partial charge >= 0.3 is 5.97 Å². The summed E-state index contributed by atoms with van der Waals surface area (Å²) in [5, 5.41) is 43.9. The van der Waals surface area contributed by atoms with E-state index in [0.29, 0.717) is 28.0 Å². The van der Waals surface area contributed by atoms with Crippen molar-refractivity contribution in [2.45, 2.75) is 133 Å². The fraction of sp³-hybridized carbons (Fsp3) is 0.403. The standard InChI is InChI=1S/C72H85ClN2O15Si2/c1-16-36-85-59-37-48-38-60(88-46(3)4)65(83-13)64(82-12)54(48)40-55(59)68(78)75-57-41-63(77)86-44-50(43-84-42-47-28-30-51(81-11)31-29-47)71(79,45-87-92(70(8,9)10,52-24-20-18-21-25-52)53-26-22-19-23-27-53)35-34-49-39-61(89-58-33-32-56(57)74-67(58)73)66(72(49,80)62(76)17-2)90-91(14,15)69(5,6)7/h2,16,18-33,37-40,46,50,57,61-62,66,76,79-80H,1,36,41-45H2,3-15H3,(H,75,78)/t50-,57-,61+,62-,66-,71+,72-/m1/s1. The Morgan fingerprint density at radius 2 is 1.54 bits per heavy atom. The highest BCUT2D eigenvalue weighted by molar-refractivity contribution is 6.99. The van der Waals surface area contributed by atoms with Gasteiger partial charge in [0.2, 0.25) is 5.75 Å². The first kappa shape index (κ1) is 70.2. The van der Waals surface area contributed by atoms with Crippen LogP contribution in [-0.2, 0) is 29.7 Å². The van der Waals surface area contributed by atoms with E-state index >= 15 is 4.79 Å². The molecule has 1 aliphatic carbocycles. The first-order valence-electron chi connectivity index (χ1n) is 30.5. The highest BCUT2D eigenvalue weighted by atomic mass is 35.5. The number of fused-ring (bicyclic) bond motifs is 10. The molecule has 0 spiro atoms. The number of hydrogen-bond acceptors (Lipinski definition) is 16. The van der Waals surface area contributed by atoms with Crippen LogP contribution in [-0.4, -0.2) is 132 Å². The van der Waals surface area contributed by atoms with Crippen LogP contribution >= 0.6 is 11.6 Å². The molecule has 9 rings (SSSR count). The summed E-state index contributed by atoms with van der Waals surface area (Å²) in [5.74, 6) is 7.50. The quantitative estimate of drug-likeness (QED) is 0.0164. The molecule has 0 radical (unpaired) electrons. The van der Waals surface area contributed by atoms with E-state index < -0.39 is 99.7 Å². The monoisotopic (exact) mass is 1310 g/mol. The Kier molecular flexibility index (Phi) is 22.2. The van der Waals surface area contributed by atoms with Gasteiger partial charge in [0.1, 0.15) is 36.9 Å². The number of ether oxygens (including phenoxy) is 8. The zero-order valence-corrected chi connectivity index (χ0v) is 57.4. The number of nitrogens with one attached hydrogen (secondary N) is 1. The summed E-state index contributed by atoms with van der Waals surface area (Å²) in [6.07, 6.45) is 3.68. The molecule has 20 heteroatoms. The highest BCUT2D eigenvalue weighted by Gasteiger charge is 2.59. The number of nitrogens with zero attached hydrogens (tertiary/aromatic N) is 1. The maximum atomic E-state index is 15.2. The van der Waals surface area contributed by atoms with Crippen molar-refractivity contribution in [3.8, 4) is 58.7 Å². The number of halogens is 1. The van der Waals surface area contributed by atoms with Crippen LogP contribution < -0.4 is 44.1 Å². The molecule has 4 bridgehead atoms. The molecule has 2 aliphatic heterocycles. The fourth-order valence-corrected chi connectivity index (χ4v) is 17.3. The predicted molar refractivity (Wildman–Crippen MR) is 360 cm³/mol. The Balaban J connectivity index is 1.32. The number of carbonyl (C=O) groups is 2. The fourth-order valence-electron chi connectivity index (χ4n) is 11.2. The summed E-state index contributed by atoms with van der Waals surface area (Å²) in [7, 11) is -1.93.